The lowest BCUT2D eigenvalue weighted by Gasteiger charge is -2.31. The minimum absolute atomic E-state index is 0. The van der Waals surface area contributed by atoms with Gasteiger partial charge in [0.15, 0.2) is 0 Å². The average Bonchev–Trinajstić information content (AvgIpc) is 2.99. The van der Waals surface area contributed by atoms with E-state index in [1.54, 1.807) is 4.90 Å². The number of carbonyl (C=O) groups excluding carboxylic acids is 1. The fourth-order valence-electron chi connectivity index (χ4n) is 2.85. The molecular weight excluding hydrogens is 345 g/mol. The van der Waals surface area contributed by atoms with E-state index in [4.69, 9.17) is 5.73 Å². The van der Waals surface area contributed by atoms with E-state index in [1.807, 2.05) is 33.9 Å². The molecule has 1 aliphatic rings. The Morgan fingerprint density at radius 1 is 1.21 bits per heavy atom. The van der Waals surface area contributed by atoms with Crippen molar-refractivity contribution in [1.82, 2.24) is 4.90 Å². The summed E-state index contributed by atoms with van der Waals surface area (Å²) in [6.07, 6.45) is 2.50. The Labute approximate surface area is 158 Å². The van der Waals surface area contributed by atoms with Crippen molar-refractivity contribution in [1.29, 1.82) is 0 Å². The molecule has 1 atom stereocenters. The van der Waals surface area contributed by atoms with Crippen LogP contribution in [0.4, 0.5) is 5.69 Å². The molecule has 2 N–H and O–H groups in total. The number of likely N-dealkylation sites (N-methyl/N-ethyl adjacent to an activating group) is 1. The molecule has 0 spiro atoms. The zero-order valence-electron chi connectivity index (χ0n) is 15.1. The Morgan fingerprint density at radius 3 is 2.29 bits per heavy atom. The van der Waals surface area contributed by atoms with Gasteiger partial charge in [-0.2, -0.15) is 0 Å². The van der Waals surface area contributed by atoms with Crippen LogP contribution in [0.25, 0.3) is 0 Å². The van der Waals surface area contributed by atoms with Crippen LogP contribution in [-0.2, 0) is 11.3 Å². The Morgan fingerprint density at radius 2 is 1.75 bits per heavy atom. The van der Waals surface area contributed by atoms with E-state index in [1.165, 1.54) is 24.1 Å². The summed E-state index contributed by atoms with van der Waals surface area (Å²) in [5.74, 6) is 0.00345. The average molecular weight is 376 g/mol. The molecule has 1 saturated heterocycles. The minimum Gasteiger partial charge on any atom is -0.371 e. The Kier molecular flexibility index (Phi) is 9.11. The molecule has 0 bridgehead atoms. The van der Waals surface area contributed by atoms with Crippen LogP contribution in [0.2, 0.25) is 0 Å². The van der Waals surface area contributed by atoms with Crippen molar-refractivity contribution >= 4 is 36.4 Å². The first kappa shape index (κ1) is 23.0. The van der Waals surface area contributed by atoms with E-state index < -0.39 is 6.04 Å². The van der Waals surface area contributed by atoms with E-state index in [0.29, 0.717) is 6.54 Å². The molecule has 1 aliphatic heterocycles. The molecule has 0 aliphatic carbocycles. The van der Waals surface area contributed by atoms with Crippen LogP contribution in [0.1, 0.15) is 39.2 Å². The highest BCUT2D eigenvalue weighted by Crippen LogP contribution is 2.26. The van der Waals surface area contributed by atoms with Crippen molar-refractivity contribution in [3.63, 3.8) is 0 Å². The Hall–Kier alpha value is -0.970. The molecule has 1 aromatic carbocycles. The first-order chi connectivity index (χ1) is 10.3. The van der Waals surface area contributed by atoms with Crippen LogP contribution >= 0.6 is 24.8 Å². The van der Waals surface area contributed by atoms with Crippen molar-refractivity contribution < 1.29 is 4.79 Å². The molecule has 24 heavy (non-hydrogen) atoms. The molecule has 1 amide bonds. The number of halogens is 2. The van der Waals surface area contributed by atoms with Gasteiger partial charge in [-0.3, -0.25) is 4.79 Å². The molecule has 4 nitrogen and oxygen atoms in total. The van der Waals surface area contributed by atoms with E-state index in [0.717, 1.165) is 13.1 Å². The molecule has 138 valence electrons. The monoisotopic (exact) mass is 375 g/mol. The zero-order valence-corrected chi connectivity index (χ0v) is 16.8. The summed E-state index contributed by atoms with van der Waals surface area (Å²) >= 11 is 0. The topological polar surface area (TPSA) is 49.6 Å². The van der Waals surface area contributed by atoms with Crippen LogP contribution < -0.4 is 10.6 Å². The summed E-state index contributed by atoms with van der Waals surface area (Å²) in [5, 5.41) is 0. The lowest BCUT2D eigenvalue weighted by atomic mass is 9.86. The van der Waals surface area contributed by atoms with Gasteiger partial charge in [-0.1, -0.05) is 39.0 Å². The van der Waals surface area contributed by atoms with E-state index in [-0.39, 0.29) is 36.1 Å². The number of anilines is 1. The second-order valence-corrected chi connectivity index (χ2v) is 7.36. The number of rotatable bonds is 4. The number of para-hydroxylation sites is 1. The van der Waals surface area contributed by atoms with E-state index in [9.17, 15) is 4.79 Å². The van der Waals surface area contributed by atoms with Crippen LogP contribution in [0, 0.1) is 5.41 Å². The lowest BCUT2D eigenvalue weighted by molar-refractivity contribution is -0.134. The quantitative estimate of drug-likeness (QED) is 0.876. The van der Waals surface area contributed by atoms with Crippen molar-refractivity contribution in [2.45, 2.75) is 46.2 Å². The molecule has 1 heterocycles. The van der Waals surface area contributed by atoms with Gasteiger partial charge in [-0.05, 0) is 29.9 Å². The first-order valence-corrected chi connectivity index (χ1v) is 8.14. The SMILES string of the molecule is CN(Cc1ccccc1N1CCCC1)C(=O)[C@@H](N)C(C)(C)C.Cl.Cl. The smallest absolute Gasteiger partial charge is 0.240 e. The number of hydrogen-bond donors (Lipinski definition) is 1. The molecule has 0 aromatic heterocycles. The maximum atomic E-state index is 12.5. The summed E-state index contributed by atoms with van der Waals surface area (Å²) in [5.41, 5.74) is 8.33. The third kappa shape index (κ3) is 5.54. The second kappa shape index (κ2) is 9.50. The largest absolute Gasteiger partial charge is 0.371 e. The lowest BCUT2D eigenvalue weighted by Crippen LogP contribution is -2.49. The highest BCUT2D eigenvalue weighted by atomic mass is 35.5. The highest BCUT2D eigenvalue weighted by Gasteiger charge is 2.30. The summed E-state index contributed by atoms with van der Waals surface area (Å²) in [7, 11) is 1.84. The van der Waals surface area contributed by atoms with Gasteiger partial charge in [-0.25, -0.2) is 0 Å². The van der Waals surface area contributed by atoms with Gasteiger partial charge in [0.05, 0.1) is 6.04 Å². The van der Waals surface area contributed by atoms with Crippen molar-refractivity contribution in [2.75, 3.05) is 25.0 Å². The summed E-state index contributed by atoms with van der Waals surface area (Å²) in [4.78, 5) is 16.7. The molecule has 2 rings (SSSR count). The van der Waals surface area contributed by atoms with Crippen LogP contribution in [0.15, 0.2) is 24.3 Å². The summed E-state index contributed by atoms with van der Waals surface area (Å²) in [6.45, 7) is 8.83. The van der Waals surface area contributed by atoms with E-state index >= 15 is 0 Å². The molecule has 6 heteroatoms. The van der Waals surface area contributed by atoms with E-state index in [2.05, 4.69) is 23.1 Å². The predicted octanol–water partition coefficient (Wildman–Crippen LogP) is 3.46. The van der Waals surface area contributed by atoms with Gasteiger partial charge in [0.1, 0.15) is 0 Å². The molecule has 1 aromatic rings. The maximum absolute atomic E-state index is 12.5. The van der Waals surface area contributed by atoms with Crippen molar-refractivity contribution in [3.8, 4) is 0 Å². The molecular formula is C18H31Cl2N3O. The van der Waals surface area contributed by atoms with Crippen molar-refractivity contribution in [2.24, 2.45) is 11.1 Å². The standard InChI is InChI=1S/C18H29N3O.2ClH/c1-18(2,3)16(19)17(22)20(4)13-14-9-5-6-10-15(14)21-11-7-8-12-21;;/h5-6,9-10,16H,7-8,11-13,19H2,1-4H3;2*1H/t16-;;/m1../s1. The second-order valence-electron chi connectivity index (χ2n) is 7.36. The van der Waals surface area contributed by atoms with Gasteiger partial charge < -0.3 is 15.5 Å². The molecule has 0 saturated carbocycles. The molecule has 0 unspecified atom stereocenters. The number of nitrogens with zero attached hydrogens (tertiary/aromatic N) is 2. The van der Waals surface area contributed by atoms with Crippen LogP contribution in [0.3, 0.4) is 0 Å². The Balaban J connectivity index is 0.00000264. The summed E-state index contributed by atoms with van der Waals surface area (Å²) in [6, 6.07) is 7.90. The van der Waals surface area contributed by atoms with Crippen LogP contribution in [0.5, 0.6) is 0 Å². The molecule has 0 radical (unpaired) electrons. The van der Waals surface area contributed by atoms with Crippen molar-refractivity contribution in [3.05, 3.63) is 29.8 Å². The fourth-order valence-corrected chi connectivity index (χ4v) is 2.85. The molecule has 1 fully saturated rings. The third-order valence-corrected chi connectivity index (χ3v) is 4.42. The highest BCUT2D eigenvalue weighted by molar-refractivity contribution is 5.85. The normalized spacial score (nSPS) is 15.3. The number of carbonyl (C=O) groups is 1. The van der Waals surface area contributed by atoms with Gasteiger partial charge >= 0.3 is 0 Å². The van der Waals surface area contributed by atoms with Gasteiger partial charge in [-0.15, -0.1) is 24.8 Å². The maximum Gasteiger partial charge on any atom is 0.240 e. The summed E-state index contributed by atoms with van der Waals surface area (Å²) < 4.78 is 0. The first-order valence-electron chi connectivity index (χ1n) is 8.14. The number of nitrogens with two attached hydrogens (primary N) is 1. The third-order valence-electron chi connectivity index (χ3n) is 4.42. The number of benzene rings is 1. The predicted molar refractivity (Wildman–Crippen MR) is 106 cm³/mol. The number of amides is 1. The fraction of sp³-hybridized carbons (Fsp3) is 0.611. The Bertz CT molecular complexity index is 525. The number of hydrogen-bond acceptors (Lipinski definition) is 3. The minimum atomic E-state index is -0.476. The van der Waals surface area contributed by atoms with Gasteiger partial charge in [0.25, 0.3) is 0 Å². The zero-order chi connectivity index (χ0) is 16.3. The van der Waals surface area contributed by atoms with Crippen LogP contribution in [-0.4, -0.2) is 37.0 Å². The van der Waals surface area contributed by atoms with Gasteiger partial charge in [0.2, 0.25) is 5.91 Å². The van der Waals surface area contributed by atoms with Gasteiger partial charge in [0, 0.05) is 32.4 Å².